The molecule has 0 saturated heterocycles. The van der Waals surface area contributed by atoms with Crippen LogP contribution in [0.25, 0.3) is 17.0 Å². The first-order chi connectivity index (χ1) is 8.68. The molecule has 3 aromatic rings. The zero-order valence-electron chi connectivity index (χ0n) is 10.1. The second kappa shape index (κ2) is 3.80. The average molecular weight is 240 g/mol. The molecule has 0 radical (unpaired) electrons. The van der Waals surface area contributed by atoms with Gasteiger partial charge in [-0.2, -0.15) is 5.10 Å². The van der Waals surface area contributed by atoms with E-state index >= 15 is 0 Å². The molecule has 0 fully saturated rings. The molecule has 0 saturated carbocycles. The molecule has 5 heteroatoms. The minimum Gasteiger partial charge on any atom is -0.246 e. The Labute approximate surface area is 103 Å². The highest BCUT2D eigenvalue weighted by Gasteiger charge is 2.13. The average Bonchev–Trinajstić information content (AvgIpc) is 2.77. The molecule has 1 aromatic carbocycles. The summed E-state index contributed by atoms with van der Waals surface area (Å²) in [5.74, 6) is 0.618. The van der Waals surface area contributed by atoms with Crippen LogP contribution in [0.5, 0.6) is 0 Å². The number of fused-ring (bicyclic) bond motifs is 1. The van der Waals surface area contributed by atoms with E-state index in [4.69, 9.17) is 0 Å². The van der Waals surface area contributed by atoms with Gasteiger partial charge in [-0.1, -0.05) is 30.3 Å². The van der Waals surface area contributed by atoms with Gasteiger partial charge in [0.25, 0.3) is 0 Å². The molecule has 0 aliphatic heterocycles. The van der Waals surface area contributed by atoms with Gasteiger partial charge < -0.3 is 0 Å². The second-order valence-electron chi connectivity index (χ2n) is 4.20. The van der Waals surface area contributed by atoms with Crippen LogP contribution in [0.2, 0.25) is 0 Å². The Morgan fingerprint density at radius 1 is 1.17 bits per heavy atom. The number of nitrogens with one attached hydrogen (secondary N) is 1. The van der Waals surface area contributed by atoms with Crippen LogP contribution >= 0.6 is 0 Å². The van der Waals surface area contributed by atoms with E-state index in [9.17, 15) is 4.79 Å². The third kappa shape index (κ3) is 1.44. The summed E-state index contributed by atoms with van der Waals surface area (Å²) < 4.78 is 1.51. The lowest BCUT2D eigenvalue weighted by Gasteiger charge is -2.07. The molecule has 0 bridgehead atoms. The topological polar surface area (TPSA) is 63.1 Å². The normalized spacial score (nSPS) is 11.0. The molecule has 0 aliphatic carbocycles. The van der Waals surface area contributed by atoms with Gasteiger partial charge >= 0.3 is 5.69 Å². The van der Waals surface area contributed by atoms with Gasteiger partial charge in [0.05, 0.1) is 0 Å². The van der Waals surface area contributed by atoms with Gasteiger partial charge in [0.2, 0.25) is 0 Å². The molecule has 2 aromatic heterocycles. The van der Waals surface area contributed by atoms with E-state index in [1.54, 1.807) is 0 Å². The van der Waals surface area contributed by atoms with Crippen molar-refractivity contribution in [2.24, 2.45) is 0 Å². The zero-order valence-corrected chi connectivity index (χ0v) is 10.1. The molecule has 1 N–H and O–H groups in total. The molecule has 0 unspecified atom stereocenters. The van der Waals surface area contributed by atoms with Crippen molar-refractivity contribution >= 4 is 5.65 Å². The van der Waals surface area contributed by atoms with Crippen LogP contribution in [0.1, 0.15) is 11.3 Å². The van der Waals surface area contributed by atoms with Gasteiger partial charge in [0, 0.05) is 16.8 Å². The van der Waals surface area contributed by atoms with Crippen molar-refractivity contribution in [3.63, 3.8) is 0 Å². The first-order valence-corrected chi connectivity index (χ1v) is 5.68. The van der Waals surface area contributed by atoms with Gasteiger partial charge in [-0.15, -0.1) is 0 Å². The smallest absolute Gasteiger partial charge is 0.246 e. The highest BCUT2D eigenvalue weighted by molar-refractivity contribution is 5.61. The Hall–Kier alpha value is -2.43. The third-order valence-electron chi connectivity index (χ3n) is 3.07. The first kappa shape index (κ1) is 10.7. The van der Waals surface area contributed by atoms with Crippen molar-refractivity contribution in [1.82, 2.24) is 19.6 Å². The summed E-state index contributed by atoms with van der Waals surface area (Å²) in [7, 11) is 0. The fraction of sp³-hybridized carbons (Fsp3) is 0.154. The summed E-state index contributed by atoms with van der Waals surface area (Å²) in [5, 5.41) is 6.52. The summed E-state index contributed by atoms with van der Waals surface area (Å²) in [4.78, 5) is 16.3. The van der Waals surface area contributed by atoms with Crippen molar-refractivity contribution in [1.29, 1.82) is 0 Å². The summed E-state index contributed by atoms with van der Waals surface area (Å²) in [5.41, 5.74) is 3.05. The zero-order chi connectivity index (χ0) is 12.7. The van der Waals surface area contributed by atoms with E-state index in [1.165, 1.54) is 4.40 Å². The minimum atomic E-state index is -0.264. The number of rotatable bonds is 1. The first-order valence-electron chi connectivity index (χ1n) is 5.68. The molecule has 2 heterocycles. The van der Waals surface area contributed by atoms with E-state index in [0.29, 0.717) is 11.5 Å². The van der Waals surface area contributed by atoms with Gasteiger partial charge in [-0.25, -0.2) is 19.3 Å². The Balaban J connectivity index is 2.47. The number of hydrogen-bond donors (Lipinski definition) is 1. The second-order valence-corrected chi connectivity index (χ2v) is 4.20. The maximum atomic E-state index is 11.8. The number of H-pyrrole nitrogens is 1. The molecule has 0 spiro atoms. The standard InChI is InChI=1S/C13H12N4O/c1-8-9(2)14-12(10-6-4-3-5-7-10)17-11(8)15-16-13(17)18/h3-7H,1-2H3,(H,16,18). The summed E-state index contributed by atoms with van der Waals surface area (Å²) in [6.07, 6.45) is 0. The van der Waals surface area contributed by atoms with Crippen molar-refractivity contribution in [2.45, 2.75) is 13.8 Å². The Kier molecular flexibility index (Phi) is 2.26. The molecule has 3 rings (SSSR count). The third-order valence-corrected chi connectivity index (χ3v) is 3.07. The lowest BCUT2D eigenvalue weighted by atomic mass is 10.2. The molecular formula is C13H12N4O. The molecular weight excluding hydrogens is 228 g/mol. The molecule has 0 amide bonds. The van der Waals surface area contributed by atoms with Crippen LogP contribution in [-0.2, 0) is 0 Å². The Morgan fingerprint density at radius 3 is 2.61 bits per heavy atom. The fourth-order valence-electron chi connectivity index (χ4n) is 1.98. The number of nitrogens with zero attached hydrogens (tertiary/aromatic N) is 3. The molecule has 18 heavy (non-hydrogen) atoms. The number of aromatic nitrogens is 4. The number of hydrogen-bond acceptors (Lipinski definition) is 3. The molecule has 5 nitrogen and oxygen atoms in total. The Morgan fingerprint density at radius 2 is 1.89 bits per heavy atom. The van der Waals surface area contributed by atoms with Gasteiger partial charge in [-0.05, 0) is 13.8 Å². The van der Waals surface area contributed by atoms with E-state index < -0.39 is 0 Å². The predicted molar refractivity (Wildman–Crippen MR) is 68.5 cm³/mol. The van der Waals surface area contributed by atoms with Crippen LogP contribution in [-0.4, -0.2) is 19.6 Å². The van der Waals surface area contributed by atoms with E-state index in [2.05, 4.69) is 15.2 Å². The lowest BCUT2D eigenvalue weighted by molar-refractivity contribution is 0.986. The van der Waals surface area contributed by atoms with E-state index in [-0.39, 0.29) is 5.69 Å². The SMILES string of the molecule is Cc1nc(-c2ccccc2)n2c(=O)[nH]nc2c1C. The van der Waals surface area contributed by atoms with Crippen LogP contribution in [0.3, 0.4) is 0 Å². The molecule has 90 valence electrons. The van der Waals surface area contributed by atoms with Gasteiger partial charge in [0.15, 0.2) is 5.65 Å². The fourth-order valence-corrected chi connectivity index (χ4v) is 1.98. The largest absolute Gasteiger partial charge is 0.349 e. The summed E-state index contributed by atoms with van der Waals surface area (Å²) in [6, 6.07) is 9.62. The quantitative estimate of drug-likeness (QED) is 0.704. The van der Waals surface area contributed by atoms with Gasteiger partial charge in [0.1, 0.15) is 5.82 Å². The molecule has 0 atom stereocenters. The van der Waals surface area contributed by atoms with Gasteiger partial charge in [-0.3, -0.25) is 0 Å². The van der Waals surface area contributed by atoms with Crippen molar-refractivity contribution < 1.29 is 0 Å². The lowest BCUT2D eigenvalue weighted by Crippen LogP contribution is -2.14. The number of benzene rings is 1. The maximum Gasteiger partial charge on any atom is 0.349 e. The van der Waals surface area contributed by atoms with Crippen molar-refractivity contribution in [3.05, 3.63) is 52.1 Å². The minimum absolute atomic E-state index is 0.264. The Bertz CT molecular complexity index is 771. The summed E-state index contributed by atoms with van der Waals surface area (Å²) >= 11 is 0. The highest BCUT2D eigenvalue weighted by atomic mass is 16.1. The summed E-state index contributed by atoms with van der Waals surface area (Å²) in [6.45, 7) is 3.83. The van der Waals surface area contributed by atoms with E-state index in [0.717, 1.165) is 16.8 Å². The predicted octanol–water partition coefficient (Wildman–Crippen LogP) is 1.70. The maximum absolute atomic E-state index is 11.8. The number of aromatic amines is 1. The van der Waals surface area contributed by atoms with Crippen molar-refractivity contribution in [3.8, 4) is 11.4 Å². The van der Waals surface area contributed by atoms with Crippen LogP contribution < -0.4 is 5.69 Å². The monoisotopic (exact) mass is 240 g/mol. The number of aryl methyl sites for hydroxylation is 2. The highest BCUT2D eigenvalue weighted by Crippen LogP contribution is 2.19. The van der Waals surface area contributed by atoms with E-state index in [1.807, 2.05) is 44.2 Å². The molecule has 0 aliphatic rings. The van der Waals surface area contributed by atoms with Crippen LogP contribution in [0, 0.1) is 13.8 Å². The van der Waals surface area contributed by atoms with Crippen molar-refractivity contribution in [2.75, 3.05) is 0 Å². The van der Waals surface area contributed by atoms with Crippen LogP contribution in [0.15, 0.2) is 35.1 Å². The van der Waals surface area contributed by atoms with Crippen LogP contribution in [0.4, 0.5) is 0 Å².